The molecule has 2 atom stereocenters. The summed E-state index contributed by atoms with van der Waals surface area (Å²) in [6, 6.07) is 6.63. The molecule has 0 spiro atoms. The van der Waals surface area contributed by atoms with Gasteiger partial charge in [-0.05, 0) is 12.5 Å². The van der Waals surface area contributed by atoms with Gasteiger partial charge in [0, 0.05) is 11.6 Å². The Morgan fingerprint density at radius 2 is 1.95 bits per heavy atom. The number of carbonyl (C=O) groups is 2. The van der Waals surface area contributed by atoms with Gasteiger partial charge in [0.1, 0.15) is 5.01 Å². The Kier molecular flexibility index (Phi) is 4.89. The first-order chi connectivity index (χ1) is 10.1. The van der Waals surface area contributed by atoms with Gasteiger partial charge in [0.05, 0.1) is 6.04 Å². The average Bonchev–Trinajstić information content (AvgIpc) is 2.99. The van der Waals surface area contributed by atoms with Crippen LogP contribution < -0.4 is 10.6 Å². The number of carbonyl (C=O) groups excluding carboxylic acids is 1. The maximum absolute atomic E-state index is 11.9. The number of hydrogen-bond donors (Lipinski definition) is 3. The van der Waals surface area contributed by atoms with Crippen molar-refractivity contribution in [3.05, 3.63) is 52.5 Å². The lowest BCUT2D eigenvalue weighted by Crippen LogP contribution is -2.41. The molecule has 3 N–H and O–H groups in total. The molecule has 21 heavy (non-hydrogen) atoms. The van der Waals surface area contributed by atoms with Crippen LogP contribution in [0.4, 0.5) is 4.79 Å². The minimum absolute atomic E-state index is 0.282. The van der Waals surface area contributed by atoms with Gasteiger partial charge in [-0.15, -0.1) is 11.3 Å². The van der Waals surface area contributed by atoms with Crippen LogP contribution in [0, 0.1) is 0 Å². The Hall–Kier alpha value is -2.41. The Balaban J connectivity index is 2.01. The second-order valence-corrected chi connectivity index (χ2v) is 5.32. The van der Waals surface area contributed by atoms with Crippen LogP contribution in [0.15, 0.2) is 41.9 Å². The minimum Gasteiger partial charge on any atom is -0.479 e. The molecule has 0 saturated carbocycles. The van der Waals surface area contributed by atoms with Crippen molar-refractivity contribution in [3.8, 4) is 0 Å². The molecule has 110 valence electrons. The molecular weight excluding hydrogens is 290 g/mol. The summed E-state index contributed by atoms with van der Waals surface area (Å²) >= 11 is 1.42. The van der Waals surface area contributed by atoms with E-state index in [-0.39, 0.29) is 6.04 Å². The molecule has 7 heteroatoms. The van der Waals surface area contributed by atoms with Crippen molar-refractivity contribution in [1.29, 1.82) is 0 Å². The molecule has 2 amide bonds. The molecule has 1 aromatic heterocycles. The molecule has 0 aliphatic carbocycles. The van der Waals surface area contributed by atoms with Gasteiger partial charge < -0.3 is 15.7 Å². The quantitative estimate of drug-likeness (QED) is 0.790. The summed E-state index contributed by atoms with van der Waals surface area (Å²) in [5, 5.41) is 16.9. The van der Waals surface area contributed by atoms with Crippen LogP contribution in [0.2, 0.25) is 0 Å². The minimum atomic E-state index is -1.11. The predicted molar refractivity (Wildman–Crippen MR) is 79.0 cm³/mol. The molecule has 0 saturated heterocycles. The third-order valence-corrected chi connectivity index (χ3v) is 3.78. The van der Waals surface area contributed by atoms with Gasteiger partial charge in [-0.1, -0.05) is 30.3 Å². The first-order valence-electron chi connectivity index (χ1n) is 6.32. The highest BCUT2D eigenvalue weighted by molar-refractivity contribution is 7.09. The Morgan fingerprint density at radius 3 is 2.52 bits per heavy atom. The number of nitrogens with one attached hydrogen (secondary N) is 2. The van der Waals surface area contributed by atoms with Gasteiger partial charge in [-0.25, -0.2) is 14.6 Å². The lowest BCUT2D eigenvalue weighted by Gasteiger charge is -2.17. The zero-order valence-electron chi connectivity index (χ0n) is 11.3. The number of thiazole rings is 1. The first kappa shape index (κ1) is 15.0. The van der Waals surface area contributed by atoms with E-state index in [0.717, 1.165) is 5.01 Å². The predicted octanol–water partition coefficient (Wildman–Crippen LogP) is 2.33. The molecule has 1 aromatic carbocycles. The molecule has 0 radical (unpaired) electrons. The second kappa shape index (κ2) is 6.85. The highest BCUT2D eigenvalue weighted by Crippen LogP contribution is 2.16. The van der Waals surface area contributed by atoms with Gasteiger partial charge in [0.25, 0.3) is 0 Å². The van der Waals surface area contributed by atoms with E-state index in [0.29, 0.717) is 5.56 Å². The van der Waals surface area contributed by atoms with E-state index < -0.39 is 18.0 Å². The van der Waals surface area contributed by atoms with Crippen LogP contribution in [-0.2, 0) is 4.79 Å². The number of urea groups is 1. The number of hydrogen-bond acceptors (Lipinski definition) is 4. The lowest BCUT2D eigenvalue weighted by atomic mass is 10.1. The summed E-state index contributed by atoms with van der Waals surface area (Å²) < 4.78 is 0. The van der Waals surface area contributed by atoms with Crippen molar-refractivity contribution in [2.45, 2.75) is 19.0 Å². The SMILES string of the molecule is CC(NC(=O)N[C@@H](C(=O)O)c1ccccc1)c1nccs1. The standard InChI is InChI=1S/C14H15N3O3S/c1-9(12-15-7-8-21-12)16-14(20)17-11(13(18)19)10-5-3-2-4-6-10/h2-9,11H,1H3,(H,18,19)(H2,16,17,20)/t9?,11-/m1/s1. The van der Waals surface area contributed by atoms with Crippen LogP contribution >= 0.6 is 11.3 Å². The largest absolute Gasteiger partial charge is 0.479 e. The number of nitrogens with zero attached hydrogens (tertiary/aromatic N) is 1. The van der Waals surface area contributed by atoms with Gasteiger partial charge in [0.15, 0.2) is 6.04 Å². The summed E-state index contributed by atoms with van der Waals surface area (Å²) in [5.74, 6) is -1.11. The topological polar surface area (TPSA) is 91.3 Å². The number of amides is 2. The lowest BCUT2D eigenvalue weighted by molar-refractivity contribution is -0.139. The normalized spacial score (nSPS) is 13.2. The summed E-state index contributed by atoms with van der Waals surface area (Å²) in [6.07, 6.45) is 1.65. The van der Waals surface area contributed by atoms with Gasteiger partial charge in [-0.3, -0.25) is 0 Å². The monoisotopic (exact) mass is 305 g/mol. The first-order valence-corrected chi connectivity index (χ1v) is 7.20. The number of carboxylic acid groups (broad SMARTS) is 1. The maximum atomic E-state index is 11.9. The molecule has 2 rings (SSSR count). The average molecular weight is 305 g/mol. The summed E-state index contributed by atoms with van der Waals surface area (Å²) in [5.41, 5.74) is 0.516. The maximum Gasteiger partial charge on any atom is 0.330 e. The smallest absolute Gasteiger partial charge is 0.330 e. The van der Waals surface area contributed by atoms with Crippen LogP contribution in [-0.4, -0.2) is 22.1 Å². The Bertz CT molecular complexity index is 601. The molecule has 0 bridgehead atoms. The molecule has 0 aliphatic rings. The number of carboxylic acids is 1. The van der Waals surface area contributed by atoms with E-state index in [1.54, 1.807) is 43.5 Å². The van der Waals surface area contributed by atoms with Gasteiger partial charge >= 0.3 is 12.0 Å². The zero-order chi connectivity index (χ0) is 15.2. The number of aliphatic carboxylic acids is 1. The number of aromatic nitrogens is 1. The molecule has 1 heterocycles. The van der Waals surface area contributed by atoms with Crippen LogP contribution in [0.3, 0.4) is 0 Å². The van der Waals surface area contributed by atoms with Gasteiger partial charge in [0.2, 0.25) is 0 Å². The fraction of sp³-hybridized carbons (Fsp3) is 0.214. The fourth-order valence-electron chi connectivity index (χ4n) is 1.81. The van der Waals surface area contributed by atoms with Crippen molar-refractivity contribution in [2.24, 2.45) is 0 Å². The van der Waals surface area contributed by atoms with E-state index in [9.17, 15) is 14.7 Å². The third kappa shape index (κ3) is 4.03. The molecule has 2 aromatic rings. The molecule has 0 fully saturated rings. The fourth-order valence-corrected chi connectivity index (χ4v) is 2.46. The van der Waals surface area contributed by atoms with Crippen LogP contribution in [0.25, 0.3) is 0 Å². The summed E-state index contributed by atoms with van der Waals surface area (Å²) in [7, 11) is 0. The van der Waals surface area contributed by atoms with Crippen molar-refractivity contribution < 1.29 is 14.7 Å². The van der Waals surface area contributed by atoms with Crippen LogP contribution in [0.5, 0.6) is 0 Å². The molecule has 1 unspecified atom stereocenters. The van der Waals surface area contributed by atoms with E-state index in [4.69, 9.17) is 0 Å². The molecular formula is C14H15N3O3S. The summed E-state index contributed by atoms with van der Waals surface area (Å²) in [4.78, 5) is 27.3. The summed E-state index contributed by atoms with van der Waals surface area (Å²) in [6.45, 7) is 1.79. The Labute approximate surface area is 125 Å². The van der Waals surface area contributed by atoms with E-state index >= 15 is 0 Å². The molecule has 6 nitrogen and oxygen atoms in total. The second-order valence-electron chi connectivity index (χ2n) is 4.39. The third-order valence-electron chi connectivity index (χ3n) is 2.82. The van der Waals surface area contributed by atoms with Crippen LogP contribution in [0.1, 0.15) is 29.6 Å². The van der Waals surface area contributed by atoms with Crippen molar-refractivity contribution in [3.63, 3.8) is 0 Å². The van der Waals surface area contributed by atoms with Crippen molar-refractivity contribution in [1.82, 2.24) is 15.6 Å². The Morgan fingerprint density at radius 1 is 1.24 bits per heavy atom. The van der Waals surface area contributed by atoms with E-state index in [2.05, 4.69) is 15.6 Å². The number of rotatable bonds is 5. The van der Waals surface area contributed by atoms with Crippen molar-refractivity contribution in [2.75, 3.05) is 0 Å². The highest BCUT2D eigenvalue weighted by atomic mass is 32.1. The zero-order valence-corrected chi connectivity index (χ0v) is 12.1. The van der Waals surface area contributed by atoms with E-state index in [1.807, 2.05) is 5.38 Å². The highest BCUT2D eigenvalue weighted by Gasteiger charge is 2.22. The number of benzene rings is 1. The molecule has 0 aliphatic heterocycles. The van der Waals surface area contributed by atoms with E-state index in [1.165, 1.54) is 11.3 Å². The van der Waals surface area contributed by atoms with Crippen molar-refractivity contribution >= 4 is 23.3 Å². The van der Waals surface area contributed by atoms with Gasteiger partial charge in [-0.2, -0.15) is 0 Å².